The van der Waals surface area contributed by atoms with E-state index in [0.717, 1.165) is 13.0 Å². The smallest absolute Gasteiger partial charge is 0.0595 e. The number of nitrogens with one attached hydrogen (secondary N) is 1. The molecule has 0 bridgehead atoms. The Morgan fingerprint density at radius 3 is 2.79 bits per heavy atom. The first-order valence-corrected chi connectivity index (χ1v) is 5.68. The third-order valence-electron chi connectivity index (χ3n) is 2.63. The molecular formula is C11H13Cl2N. The van der Waals surface area contributed by atoms with Gasteiger partial charge in [-0.25, -0.2) is 0 Å². The Labute approximate surface area is 94.4 Å². The molecule has 1 heterocycles. The predicted octanol–water partition coefficient (Wildman–Crippen LogP) is 3.29. The second kappa shape index (κ2) is 4.52. The number of hydrogen-bond acceptors (Lipinski definition) is 1. The lowest BCUT2D eigenvalue weighted by Crippen LogP contribution is -2.23. The molecule has 0 amide bonds. The van der Waals surface area contributed by atoms with Crippen LogP contribution in [-0.4, -0.2) is 12.6 Å². The van der Waals surface area contributed by atoms with Gasteiger partial charge in [0.1, 0.15) is 0 Å². The number of halogens is 2. The van der Waals surface area contributed by atoms with Gasteiger partial charge in [0, 0.05) is 6.04 Å². The maximum Gasteiger partial charge on any atom is 0.0595 e. The van der Waals surface area contributed by atoms with Gasteiger partial charge in [-0.2, -0.15) is 0 Å². The Kier molecular flexibility index (Phi) is 3.32. The van der Waals surface area contributed by atoms with Crippen molar-refractivity contribution < 1.29 is 0 Å². The van der Waals surface area contributed by atoms with Crippen molar-refractivity contribution in [2.45, 2.75) is 25.3 Å². The fourth-order valence-corrected chi connectivity index (χ4v) is 2.20. The minimum atomic E-state index is 0.618. The van der Waals surface area contributed by atoms with Gasteiger partial charge in [-0.05, 0) is 43.5 Å². The van der Waals surface area contributed by atoms with Crippen LogP contribution >= 0.6 is 23.2 Å². The van der Waals surface area contributed by atoms with Crippen molar-refractivity contribution in [3.8, 4) is 0 Å². The fraction of sp³-hybridized carbons (Fsp3) is 0.455. The molecule has 3 heteroatoms. The van der Waals surface area contributed by atoms with E-state index in [2.05, 4.69) is 5.32 Å². The van der Waals surface area contributed by atoms with E-state index in [1.165, 1.54) is 18.4 Å². The van der Waals surface area contributed by atoms with E-state index in [1.54, 1.807) is 0 Å². The van der Waals surface area contributed by atoms with Crippen molar-refractivity contribution in [2.24, 2.45) is 0 Å². The van der Waals surface area contributed by atoms with Crippen LogP contribution in [0.1, 0.15) is 18.4 Å². The highest BCUT2D eigenvalue weighted by atomic mass is 35.5. The molecular weight excluding hydrogens is 217 g/mol. The summed E-state index contributed by atoms with van der Waals surface area (Å²) < 4.78 is 0. The molecule has 1 aromatic carbocycles. The molecule has 76 valence electrons. The summed E-state index contributed by atoms with van der Waals surface area (Å²) in [6.07, 6.45) is 3.60. The Hall–Kier alpha value is -0.240. The number of hydrogen-bond donors (Lipinski definition) is 1. The van der Waals surface area contributed by atoms with Crippen LogP contribution in [0.4, 0.5) is 0 Å². The highest BCUT2D eigenvalue weighted by molar-refractivity contribution is 6.42. The van der Waals surface area contributed by atoms with Gasteiger partial charge in [0.2, 0.25) is 0 Å². The summed E-state index contributed by atoms with van der Waals surface area (Å²) in [5.41, 5.74) is 1.26. The normalized spacial score (nSPS) is 21.4. The van der Waals surface area contributed by atoms with E-state index < -0.39 is 0 Å². The van der Waals surface area contributed by atoms with E-state index in [0.29, 0.717) is 16.1 Å². The van der Waals surface area contributed by atoms with Crippen molar-refractivity contribution >= 4 is 23.2 Å². The topological polar surface area (TPSA) is 12.0 Å². The van der Waals surface area contributed by atoms with Crippen LogP contribution in [0.25, 0.3) is 0 Å². The van der Waals surface area contributed by atoms with Gasteiger partial charge >= 0.3 is 0 Å². The molecule has 0 unspecified atom stereocenters. The van der Waals surface area contributed by atoms with Gasteiger partial charge in [0.15, 0.2) is 0 Å². The predicted molar refractivity (Wildman–Crippen MR) is 61.2 cm³/mol. The monoisotopic (exact) mass is 229 g/mol. The summed E-state index contributed by atoms with van der Waals surface area (Å²) in [4.78, 5) is 0. The molecule has 1 aliphatic heterocycles. The maximum absolute atomic E-state index is 5.95. The van der Waals surface area contributed by atoms with Crippen LogP contribution in [-0.2, 0) is 6.42 Å². The second-order valence-electron chi connectivity index (χ2n) is 3.75. The third-order valence-corrected chi connectivity index (χ3v) is 3.37. The van der Waals surface area contributed by atoms with Crippen LogP contribution in [0, 0.1) is 0 Å². The zero-order valence-electron chi connectivity index (χ0n) is 7.89. The third kappa shape index (κ3) is 2.41. The lowest BCUT2D eigenvalue weighted by Gasteiger charge is -2.10. The zero-order valence-corrected chi connectivity index (χ0v) is 9.41. The lowest BCUT2D eigenvalue weighted by molar-refractivity contribution is 0.603. The Bertz CT molecular complexity index is 319. The minimum absolute atomic E-state index is 0.618. The summed E-state index contributed by atoms with van der Waals surface area (Å²) in [6, 6.07) is 6.50. The van der Waals surface area contributed by atoms with Crippen molar-refractivity contribution in [1.29, 1.82) is 0 Å². The van der Waals surface area contributed by atoms with Gasteiger partial charge in [0.25, 0.3) is 0 Å². The molecule has 0 aliphatic carbocycles. The average Bonchev–Trinajstić information content (AvgIpc) is 2.64. The van der Waals surface area contributed by atoms with Gasteiger partial charge in [-0.15, -0.1) is 0 Å². The maximum atomic E-state index is 5.95. The Balaban J connectivity index is 2.05. The van der Waals surface area contributed by atoms with Gasteiger partial charge < -0.3 is 5.32 Å². The van der Waals surface area contributed by atoms with Gasteiger partial charge in [-0.1, -0.05) is 29.3 Å². The summed E-state index contributed by atoms with van der Waals surface area (Å²) in [6.45, 7) is 1.14. The lowest BCUT2D eigenvalue weighted by atomic mass is 10.1. The molecule has 1 fully saturated rings. The Morgan fingerprint density at radius 1 is 1.29 bits per heavy atom. The minimum Gasteiger partial charge on any atom is -0.314 e. The van der Waals surface area contributed by atoms with E-state index in [-0.39, 0.29) is 0 Å². The van der Waals surface area contributed by atoms with Crippen molar-refractivity contribution in [1.82, 2.24) is 5.32 Å². The number of rotatable bonds is 2. The molecule has 0 aromatic heterocycles. The molecule has 0 radical (unpaired) electrons. The summed E-state index contributed by atoms with van der Waals surface area (Å²) in [5.74, 6) is 0. The zero-order chi connectivity index (χ0) is 9.97. The molecule has 1 atom stereocenters. The first kappa shape index (κ1) is 10.3. The first-order valence-electron chi connectivity index (χ1n) is 4.93. The van der Waals surface area contributed by atoms with Crippen LogP contribution in [0.15, 0.2) is 18.2 Å². The van der Waals surface area contributed by atoms with Crippen LogP contribution in [0.3, 0.4) is 0 Å². The molecule has 1 aromatic rings. The highest BCUT2D eigenvalue weighted by Gasteiger charge is 2.14. The molecule has 1 aliphatic rings. The van der Waals surface area contributed by atoms with E-state index >= 15 is 0 Å². The summed E-state index contributed by atoms with van der Waals surface area (Å²) in [7, 11) is 0. The molecule has 1 saturated heterocycles. The SMILES string of the molecule is Clc1ccc(C[C@@H]2CCCN2)cc1Cl. The van der Waals surface area contributed by atoms with Crippen molar-refractivity contribution in [2.75, 3.05) is 6.54 Å². The van der Waals surface area contributed by atoms with Crippen LogP contribution in [0.2, 0.25) is 10.0 Å². The molecule has 0 saturated carbocycles. The van der Waals surface area contributed by atoms with E-state index in [4.69, 9.17) is 23.2 Å². The highest BCUT2D eigenvalue weighted by Crippen LogP contribution is 2.23. The molecule has 1 nitrogen and oxygen atoms in total. The van der Waals surface area contributed by atoms with E-state index in [9.17, 15) is 0 Å². The molecule has 14 heavy (non-hydrogen) atoms. The van der Waals surface area contributed by atoms with Crippen LogP contribution < -0.4 is 5.32 Å². The molecule has 2 rings (SSSR count). The largest absolute Gasteiger partial charge is 0.314 e. The fourth-order valence-electron chi connectivity index (χ4n) is 1.88. The summed E-state index contributed by atoms with van der Waals surface area (Å²) >= 11 is 11.8. The van der Waals surface area contributed by atoms with Crippen molar-refractivity contribution in [3.63, 3.8) is 0 Å². The summed E-state index contributed by atoms with van der Waals surface area (Å²) in [5, 5.41) is 4.75. The van der Waals surface area contributed by atoms with Gasteiger partial charge in [0.05, 0.1) is 10.0 Å². The van der Waals surface area contributed by atoms with Crippen LogP contribution in [0.5, 0.6) is 0 Å². The standard InChI is InChI=1S/C11H13Cl2N/c12-10-4-3-8(7-11(10)13)6-9-2-1-5-14-9/h3-4,7,9,14H,1-2,5-6H2/t9-/m0/s1. The average molecular weight is 230 g/mol. The quantitative estimate of drug-likeness (QED) is 0.821. The number of benzene rings is 1. The Morgan fingerprint density at radius 2 is 2.14 bits per heavy atom. The van der Waals surface area contributed by atoms with E-state index in [1.807, 2.05) is 18.2 Å². The molecule has 1 N–H and O–H groups in total. The first-order chi connectivity index (χ1) is 6.75. The second-order valence-corrected chi connectivity index (χ2v) is 4.56. The molecule has 0 spiro atoms. The van der Waals surface area contributed by atoms with Gasteiger partial charge in [-0.3, -0.25) is 0 Å². The van der Waals surface area contributed by atoms with Crippen molar-refractivity contribution in [3.05, 3.63) is 33.8 Å².